The fraction of sp³-hybridized carbons (Fsp3) is 0.414. The predicted octanol–water partition coefficient (Wildman–Crippen LogP) is 3.27. The highest BCUT2D eigenvalue weighted by molar-refractivity contribution is 7.89. The summed E-state index contributed by atoms with van der Waals surface area (Å²) in [5, 5.41) is 16.8. The highest BCUT2D eigenvalue weighted by atomic mass is 32.2. The average molecular weight is 616 g/mol. The number of anilines is 1. The maximum absolute atomic E-state index is 13.7. The number of nitrogens with one attached hydrogen (secondary N) is 2. The molecule has 0 aliphatic carbocycles. The number of aromatic nitrogens is 2. The smallest absolute Gasteiger partial charge is 0.356 e. The van der Waals surface area contributed by atoms with Crippen molar-refractivity contribution in [1.82, 2.24) is 19.4 Å². The van der Waals surface area contributed by atoms with E-state index >= 15 is 0 Å². The topological polar surface area (TPSA) is 161 Å². The van der Waals surface area contributed by atoms with Crippen LogP contribution in [-0.2, 0) is 19.6 Å². The Bertz CT molecular complexity index is 1550. The van der Waals surface area contributed by atoms with E-state index in [9.17, 15) is 23.1 Å². The van der Waals surface area contributed by atoms with Crippen LogP contribution < -0.4 is 19.5 Å². The molecule has 4 rings (SSSR count). The van der Waals surface area contributed by atoms with Crippen molar-refractivity contribution in [2.45, 2.75) is 32.1 Å². The number of nitrogens with zero attached hydrogens (tertiary/aromatic N) is 3. The molecule has 2 heterocycles. The predicted molar refractivity (Wildman–Crippen MR) is 159 cm³/mol. The van der Waals surface area contributed by atoms with Crippen molar-refractivity contribution in [1.29, 1.82) is 0 Å². The number of amides is 1. The zero-order valence-electron chi connectivity index (χ0n) is 24.6. The van der Waals surface area contributed by atoms with E-state index < -0.39 is 16.0 Å². The standard InChI is InChI=1S/C29H37N5O8S/c1-5-19(2)27(35)31-21-6-11-24(25(18-21)43(38,39)30-12-13-33-14-16-41-17-15-33)42-28-20(3)26(29(36)37)32-34(28)22-7-9-23(40-4)10-8-22/h6-11,18-19,30H,5,12-17H2,1-4H3,(H,31,35)(H,36,37). The number of benzene rings is 2. The van der Waals surface area contributed by atoms with Gasteiger partial charge in [-0.15, -0.1) is 0 Å². The lowest BCUT2D eigenvalue weighted by Crippen LogP contribution is -2.41. The largest absolute Gasteiger partial charge is 0.497 e. The van der Waals surface area contributed by atoms with Gasteiger partial charge in [0, 0.05) is 43.3 Å². The second kappa shape index (κ2) is 14.0. The minimum atomic E-state index is -4.15. The minimum Gasteiger partial charge on any atom is -0.497 e. The molecule has 1 aliphatic rings. The number of carbonyl (C=O) groups excluding carboxylic acids is 1. The van der Waals surface area contributed by atoms with Gasteiger partial charge in [0.15, 0.2) is 5.69 Å². The van der Waals surface area contributed by atoms with Crippen molar-refractivity contribution >= 4 is 27.6 Å². The molecular weight excluding hydrogens is 578 g/mol. The molecule has 1 atom stereocenters. The summed E-state index contributed by atoms with van der Waals surface area (Å²) < 4.78 is 48.0. The Balaban J connectivity index is 1.72. The number of morpholine rings is 1. The van der Waals surface area contributed by atoms with Crippen LogP contribution in [-0.4, -0.2) is 86.6 Å². The Kier molecular flexibility index (Phi) is 10.4. The first-order valence-corrected chi connectivity index (χ1v) is 15.4. The van der Waals surface area contributed by atoms with Crippen LogP contribution in [0.1, 0.15) is 36.3 Å². The van der Waals surface area contributed by atoms with Gasteiger partial charge in [-0.1, -0.05) is 13.8 Å². The first-order chi connectivity index (χ1) is 20.5. The number of ether oxygens (including phenoxy) is 3. The van der Waals surface area contributed by atoms with Gasteiger partial charge < -0.3 is 24.6 Å². The summed E-state index contributed by atoms with van der Waals surface area (Å²) in [5.74, 6) is -1.27. The third kappa shape index (κ3) is 7.70. The number of sulfonamides is 1. The summed E-state index contributed by atoms with van der Waals surface area (Å²) in [5.41, 5.74) is 0.687. The van der Waals surface area contributed by atoms with Crippen molar-refractivity contribution in [2.75, 3.05) is 51.8 Å². The van der Waals surface area contributed by atoms with E-state index in [2.05, 4.69) is 20.0 Å². The van der Waals surface area contributed by atoms with Gasteiger partial charge in [-0.3, -0.25) is 9.69 Å². The van der Waals surface area contributed by atoms with Crippen LogP contribution in [0, 0.1) is 12.8 Å². The first-order valence-electron chi connectivity index (χ1n) is 13.9. The third-order valence-corrected chi connectivity index (χ3v) is 8.66. The van der Waals surface area contributed by atoms with Gasteiger partial charge in [0.05, 0.1) is 26.0 Å². The molecule has 1 unspecified atom stereocenters. The van der Waals surface area contributed by atoms with Crippen molar-refractivity contribution in [2.24, 2.45) is 5.92 Å². The van der Waals surface area contributed by atoms with Gasteiger partial charge in [-0.05, 0) is 55.8 Å². The molecular formula is C29H37N5O8S. The molecule has 1 aliphatic heterocycles. The maximum Gasteiger partial charge on any atom is 0.356 e. The van der Waals surface area contributed by atoms with Crippen molar-refractivity contribution in [3.05, 3.63) is 53.7 Å². The second-order valence-corrected chi connectivity index (χ2v) is 11.8. The van der Waals surface area contributed by atoms with Crippen LogP contribution in [0.4, 0.5) is 5.69 Å². The van der Waals surface area contributed by atoms with E-state index in [4.69, 9.17) is 14.2 Å². The summed E-state index contributed by atoms with van der Waals surface area (Å²) >= 11 is 0. The summed E-state index contributed by atoms with van der Waals surface area (Å²) in [7, 11) is -2.63. The molecule has 3 N–H and O–H groups in total. The molecule has 43 heavy (non-hydrogen) atoms. The van der Waals surface area contributed by atoms with Crippen molar-refractivity contribution in [3.8, 4) is 23.1 Å². The Morgan fingerprint density at radius 2 is 1.84 bits per heavy atom. The lowest BCUT2D eigenvalue weighted by atomic mass is 10.1. The Morgan fingerprint density at radius 1 is 1.14 bits per heavy atom. The number of aromatic carboxylic acids is 1. The van der Waals surface area contributed by atoms with E-state index in [-0.39, 0.29) is 51.8 Å². The molecule has 3 aromatic rings. The summed E-state index contributed by atoms with van der Waals surface area (Å²) in [6, 6.07) is 11.0. The van der Waals surface area contributed by atoms with Gasteiger partial charge in [0.25, 0.3) is 0 Å². The molecule has 13 nitrogen and oxygen atoms in total. The number of methoxy groups -OCH3 is 1. The van der Waals surface area contributed by atoms with Crippen LogP contribution in [0.3, 0.4) is 0 Å². The quantitative estimate of drug-likeness (QED) is 0.260. The SMILES string of the molecule is CCC(C)C(=O)Nc1ccc(Oc2c(C)c(C(=O)O)nn2-c2ccc(OC)cc2)c(S(=O)(=O)NCCN2CCOCC2)c1. The molecule has 0 radical (unpaired) electrons. The molecule has 1 saturated heterocycles. The number of rotatable bonds is 13. The number of carboxylic acids is 1. The fourth-order valence-electron chi connectivity index (χ4n) is 4.38. The summed E-state index contributed by atoms with van der Waals surface area (Å²) in [6.45, 7) is 8.38. The molecule has 0 saturated carbocycles. The highest BCUT2D eigenvalue weighted by Crippen LogP contribution is 2.35. The molecule has 14 heteroatoms. The Labute approximate surface area is 250 Å². The molecule has 2 aromatic carbocycles. The lowest BCUT2D eigenvalue weighted by Gasteiger charge is -2.26. The second-order valence-electron chi connectivity index (χ2n) is 10.1. The Morgan fingerprint density at radius 3 is 2.47 bits per heavy atom. The number of hydrogen-bond donors (Lipinski definition) is 3. The summed E-state index contributed by atoms with van der Waals surface area (Å²) in [4.78, 5) is 26.4. The lowest BCUT2D eigenvalue weighted by molar-refractivity contribution is -0.119. The van der Waals surface area contributed by atoms with E-state index in [0.29, 0.717) is 50.7 Å². The molecule has 1 aromatic heterocycles. The average Bonchev–Trinajstić information content (AvgIpc) is 3.33. The maximum atomic E-state index is 13.7. The normalized spacial score (nSPS) is 14.7. The molecule has 0 bridgehead atoms. The van der Waals surface area contributed by atoms with Crippen molar-refractivity contribution in [3.63, 3.8) is 0 Å². The Hall–Kier alpha value is -3.98. The van der Waals surface area contributed by atoms with E-state index in [1.807, 2.05) is 6.92 Å². The number of carbonyl (C=O) groups is 2. The highest BCUT2D eigenvalue weighted by Gasteiger charge is 2.27. The van der Waals surface area contributed by atoms with E-state index in [1.165, 1.54) is 36.9 Å². The monoisotopic (exact) mass is 615 g/mol. The third-order valence-electron chi connectivity index (χ3n) is 7.18. The molecule has 0 spiro atoms. The van der Waals surface area contributed by atoms with Crippen molar-refractivity contribution < 1.29 is 37.3 Å². The van der Waals surface area contributed by atoms with Gasteiger partial charge in [0.2, 0.25) is 21.8 Å². The van der Waals surface area contributed by atoms with Crippen LogP contribution in [0.2, 0.25) is 0 Å². The van der Waals surface area contributed by atoms with E-state index in [0.717, 1.165) is 0 Å². The van der Waals surface area contributed by atoms with Gasteiger partial charge in [0.1, 0.15) is 16.4 Å². The molecule has 232 valence electrons. The fourth-order valence-corrected chi connectivity index (χ4v) is 5.55. The molecule has 1 amide bonds. The van der Waals surface area contributed by atoms with E-state index in [1.54, 1.807) is 31.2 Å². The first kappa shape index (κ1) is 31.9. The van der Waals surface area contributed by atoms with Crippen LogP contribution in [0.25, 0.3) is 5.69 Å². The number of hydrogen-bond acceptors (Lipinski definition) is 9. The van der Waals surface area contributed by atoms with Crippen LogP contribution in [0.15, 0.2) is 47.4 Å². The molecule has 1 fully saturated rings. The van der Waals surface area contributed by atoms with Gasteiger partial charge >= 0.3 is 5.97 Å². The number of carboxylic acid groups (broad SMARTS) is 1. The van der Waals surface area contributed by atoms with Gasteiger partial charge in [-0.2, -0.15) is 9.78 Å². The summed E-state index contributed by atoms with van der Waals surface area (Å²) in [6.07, 6.45) is 0.613. The zero-order valence-corrected chi connectivity index (χ0v) is 25.4. The van der Waals surface area contributed by atoms with Crippen LogP contribution >= 0.6 is 0 Å². The zero-order chi connectivity index (χ0) is 31.1. The minimum absolute atomic E-state index is 0.0173. The van der Waals surface area contributed by atoms with Crippen LogP contribution in [0.5, 0.6) is 17.4 Å². The van der Waals surface area contributed by atoms with Gasteiger partial charge in [-0.25, -0.2) is 17.9 Å².